The largest absolute Gasteiger partial charge is 0.496 e. The summed E-state index contributed by atoms with van der Waals surface area (Å²) in [5.41, 5.74) is 3.61. The van der Waals surface area contributed by atoms with Gasteiger partial charge in [-0.2, -0.15) is 0 Å². The lowest BCUT2D eigenvalue weighted by molar-refractivity contribution is -0.121. The molecule has 0 unspecified atom stereocenters. The van der Waals surface area contributed by atoms with E-state index in [4.69, 9.17) is 4.74 Å². The van der Waals surface area contributed by atoms with E-state index >= 15 is 0 Å². The maximum absolute atomic E-state index is 12.2. The second-order valence-corrected chi connectivity index (χ2v) is 7.39. The Bertz CT molecular complexity index is 929. The normalized spacial score (nSPS) is 14.5. The Balaban J connectivity index is 1.37. The summed E-state index contributed by atoms with van der Waals surface area (Å²) in [4.78, 5) is 16.2. The van der Waals surface area contributed by atoms with Crippen LogP contribution in [0.1, 0.15) is 24.8 Å². The first kappa shape index (κ1) is 18.3. The Kier molecular flexibility index (Phi) is 5.15. The molecule has 1 saturated carbocycles. The SMILES string of the molecule is COc1ccccc1-c1ccc(C2(CNC(=O)CCn3ccnc3)CC2)cc1. The van der Waals surface area contributed by atoms with Crippen LogP contribution in [-0.4, -0.2) is 29.1 Å². The zero-order chi connectivity index (χ0) is 19.4. The summed E-state index contributed by atoms with van der Waals surface area (Å²) in [6, 6.07) is 16.7. The van der Waals surface area contributed by atoms with Gasteiger partial charge in [0.25, 0.3) is 0 Å². The van der Waals surface area contributed by atoms with Crippen molar-refractivity contribution in [3.05, 3.63) is 72.8 Å². The number of amides is 1. The molecule has 0 spiro atoms. The van der Waals surface area contributed by atoms with Crippen molar-refractivity contribution in [3.8, 4) is 16.9 Å². The third-order valence-corrected chi connectivity index (χ3v) is 5.55. The molecule has 1 aliphatic carbocycles. The van der Waals surface area contributed by atoms with Gasteiger partial charge in [0, 0.05) is 42.9 Å². The summed E-state index contributed by atoms with van der Waals surface area (Å²) < 4.78 is 7.39. The molecule has 0 radical (unpaired) electrons. The molecule has 28 heavy (non-hydrogen) atoms. The van der Waals surface area contributed by atoms with Gasteiger partial charge in [-0.25, -0.2) is 4.98 Å². The van der Waals surface area contributed by atoms with Crippen molar-refractivity contribution in [2.24, 2.45) is 0 Å². The Morgan fingerprint density at radius 1 is 1.18 bits per heavy atom. The Labute approximate surface area is 165 Å². The van der Waals surface area contributed by atoms with E-state index in [1.165, 1.54) is 5.56 Å². The molecule has 1 fully saturated rings. The van der Waals surface area contributed by atoms with Crippen LogP contribution in [0.25, 0.3) is 11.1 Å². The average molecular weight is 375 g/mol. The molecular weight excluding hydrogens is 350 g/mol. The summed E-state index contributed by atoms with van der Waals surface area (Å²) in [5, 5.41) is 3.12. The van der Waals surface area contributed by atoms with Gasteiger partial charge in [-0.15, -0.1) is 0 Å². The number of nitrogens with zero attached hydrogens (tertiary/aromatic N) is 2. The minimum Gasteiger partial charge on any atom is -0.496 e. The zero-order valence-corrected chi connectivity index (χ0v) is 16.1. The van der Waals surface area contributed by atoms with Crippen molar-refractivity contribution in [1.29, 1.82) is 0 Å². The number of hydrogen-bond donors (Lipinski definition) is 1. The minimum atomic E-state index is 0.0873. The molecule has 5 nitrogen and oxygen atoms in total. The topological polar surface area (TPSA) is 56.1 Å². The van der Waals surface area contributed by atoms with Crippen molar-refractivity contribution < 1.29 is 9.53 Å². The third kappa shape index (κ3) is 3.93. The maximum atomic E-state index is 12.2. The van der Waals surface area contributed by atoms with Gasteiger partial charge in [0.2, 0.25) is 5.91 Å². The fraction of sp³-hybridized carbons (Fsp3) is 0.304. The van der Waals surface area contributed by atoms with Crippen LogP contribution in [0.5, 0.6) is 5.75 Å². The molecule has 5 heteroatoms. The maximum Gasteiger partial charge on any atom is 0.221 e. The van der Waals surface area contributed by atoms with Crippen LogP contribution >= 0.6 is 0 Å². The van der Waals surface area contributed by atoms with E-state index in [1.54, 1.807) is 19.6 Å². The minimum absolute atomic E-state index is 0.0873. The lowest BCUT2D eigenvalue weighted by Gasteiger charge is -2.18. The summed E-state index contributed by atoms with van der Waals surface area (Å²) in [6.45, 7) is 1.36. The van der Waals surface area contributed by atoms with Crippen LogP contribution in [0.15, 0.2) is 67.3 Å². The van der Waals surface area contributed by atoms with Crippen LogP contribution in [0.2, 0.25) is 0 Å². The molecule has 4 rings (SSSR count). The third-order valence-electron chi connectivity index (χ3n) is 5.55. The number of ether oxygens (including phenoxy) is 1. The Morgan fingerprint density at radius 3 is 2.64 bits per heavy atom. The number of aromatic nitrogens is 2. The van der Waals surface area contributed by atoms with Crippen molar-refractivity contribution >= 4 is 5.91 Å². The van der Waals surface area contributed by atoms with E-state index in [2.05, 4.69) is 40.6 Å². The number of nitrogens with one attached hydrogen (secondary N) is 1. The predicted octanol–water partition coefficient (Wildman–Crippen LogP) is 3.80. The summed E-state index contributed by atoms with van der Waals surface area (Å²) in [5.74, 6) is 0.965. The monoisotopic (exact) mass is 375 g/mol. The van der Waals surface area contributed by atoms with Crippen LogP contribution < -0.4 is 10.1 Å². The Morgan fingerprint density at radius 2 is 1.96 bits per heavy atom. The van der Waals surface area contributed by atoms with E-state index < -0.39 is 0 Å². The predicted molar refractivity (Wildman–Crippen MR) is 109 cm³/mol. The number of methoxy groups -OCH3 is 1. The molecule has 0 atom stereocenters. The first-order valence-electron chi connectivity index (χ1n) is 9.67. The highest BCUT2D eigenvalue weighted by Crippen LogP contribution is 2.48. The second kappa shape index (κ2) is 7.89. The highest BCUT2D eigenvalue weighted by Gasteiger charge is 2.44. The van der Waals surface area contributed by atoms with E-state index in [0.717, 1.165) is 29.7 Å². The molecule has 1 heterocycles. The molecular formula is C23H25N3O2. The molecule has 3 aromatic rings. The van der Waals surface area contributed by atoms with Crippen LogP contribution in [0.3, 0.4) is 0 Å². The molecule has 1 aliphatic rings. The molecule has 0 bridgehead atoms. The lowest BCUT2D eigenvalue weighted by Crippen LogP contribution is -2.32. The van der Waals surface area contributed by atoms with Gasteiger partial charge in [-0.3, -0.25) is 4.79 Å². The van der Waals surface area contributed by atoms with Gasteiger partial charge in [-0.1, -0.05) is 42.5 Å². The van der Waals surface area contributed by atoms with Crippen molar-refractivity contribution in [2.45, 2.75) is 31.2 Å². The molecule has 1 N–H and O–H groups in total. The quantitative estimate of drug-likeness (QED) is 0.652. The number of hydrogen-bond acceptors (Lipinski definition) is 3. The van der Waals surface area contributed by atoms with Crippen LogP contribution in [-0.2, 0) is 16.8 Å². The van der Waals surface area contributed by atoms with E-state index in [9.17, 15) is 4.79 Å². The number of carbonyl (C=O) groups excluding carboxylic acids is 1. The fourth-order valence-corrected chi connectivity index (χ4v) is 3.61. The van der Waals surface area contributed by atoms with Gasteiger partial charge in [0.15, 0.2) is 0 Å². The van der Waals surface area contributed by atoms with E-state index in [1.807, 2.05) is 29.0 Å². The smallest absolute Gasteiger partial charge is 0.221 e. The fourth-order valence-electron chi connectivity index (χ4n) is 3.61. The molecule has 1 aromatic heterocycles. The Hall–Kier alpha value is -3.08. The number of rotatable bonds is 8. The second-order valence-electron chi connectivity index (χ2n) is 7.39. The van der Waals surface area contributed by atoms with E-state index in [-0.39, 0.29) is 11.3 Å². The average Bonchev–Trinajstić information content (AvgIpc) is 3.36. The highest BCUT2D eigenvalue weighted by molar-refractivity contribution is 5.76. The van der Waals surface area contributed by atoms with E-state index in [0.29, 0.717) is 19.5 Å². The molecule has 144 valence electrons. The highest BCUT2D eigenvalue weighted by atomic mass is 16.5. The number of aryl methyl sites for hydroxylation is 1. The first-order chi connectivity index (χ1) is 13.7. The molecule has 0 aliphatic heterocycles. The summed E-state index contributed by atoms with van der Waals surface area (Å²) in [7, 11) is 1.70. The van der Waals surface area contributed by atoms with Gasteiger partial charge in [0.05, 0.1) is 13.4 Å². The van der Waals surface area contributed by atoms with Gasteiger partial charge in [-0.05, 0) is 30.0 Å². The molecule has 2 aromatic carbocycles. The summed E-state index contributed by atoms with van der Waals surface area (Å²) in [6.07, 6.45) is 8.04. The standard InChI is InChI=1S/C23H25N3O2/c1-28-21-5-3-2-4-20(21)18-6-8-19(9-7-18)23(11-12-23)16-25-22(27)10-14-26-15-13-24-17-26/h2-9,13,15,17H,10-12,14,16H2,1H3,(H,25,27). The number of carbonyl (C=O) groups is 1. The van der Waals surface area contributed by atoms with Crippen LogP contribution in [0.4, 0.5) is 0 Å². The first-order valence-corrected chi connectivity index (χ1v) is 9.67. The zero-order valence-electron chi connectivity index (χ0n) is 16.1. The van der Waals surface area contributed by atoms with Gasteiger partial charge in [0.1, 0.15) is 5.75 Å². The van der Waals surface area contributed by atoms with Gasteiger partial charge < -0.3 is 14.6 Å². The number of imidazole rings is 1. The number of para-hydroxylation sites is 1. The van der Waals surface area contributed by atoms with Crippen LogP contribution in [0, 0.1) is 0 Å². The summed E-state index contributed by atoms with van der Waals surface area (Å²) >= 11 is 0. The molecule has 1 amide bonds. The molecule has 0 saturated heterocycles. The lowest BCUT2D eigenvalue weighted by atomic mass is 9.93. The van der Waals surface area contributed by atoms with Gasteiger partial charge >= 0.3 is 0 Å². The van der Waals surface area contributed by atoms with Crippen molar-refractivity contribution in [1.82, 2.24) is 14.9 Å². The van der Waals surface area contributed by atoms with Crippen molar-refractivity contribution in [2.75, 3.05) is 13.7 Å². The van der Waals surface area contributed by atoms with Crippen molar-refractivity contribution in [3.63, 3.8) is 0 Å². The number of benzene rings is 2.